The molecule has 0 aromatic heterocycles. The fourth-order valence-electron chi connectivity index (χ4n) is 4.19. The first-order chi connectivity index (χ1) is 12.3. The molecule has 1 aliphatic heterocycles. The SMILES string of the molecule is CC(C)(C)c1ccc(N2CCC(NC(=O)C3(N)CCCCC3)CC2)cc1. The van der Waals surface area contributed by atoms with Crippen LogP contribution in [0.3, 0.4) is 0 Å². The van der Waals surface area contributed by atoms with Crippen molar-refractivity contribution >= 4 is 11.6 Å². The second kappa shape index (κ2) is 7.59. The van der Waals surface area contributed by atoms with Gasteiger partial charge in [-0.3, -0.25) is 4.79 Å². The van der Waals surface area contributed by atoms with Gasteiger partial charge in [0.15, 0.2) is 0 Å². The van der Waals surface area contributed by atoms with Crippen molar-refractivity contribution in [2.45, 2.75) is 82.7 Å². The number of carbonyl (C=O) groups is 1. The molecule has 2 fully saturated rings. The lowest BCUT2D eigenvalue weighted by molar-refractivity contribution is -0.128. The van der Waals surface area contributed by atoms with Crippen LogP contribution in [-0.4, -0.2) is 30.6 Å². The van der Waals surface area contributed by atoms with E-state index in [9.17, 15) is 4.79 Å². The first kappa shape index (κ1) is 19.2. The predicted molar refractivity (Wildman–Crippen MR) is 109 cm³/mol. The van der Waals surface area contributed by atoms with E-state index >= 15 is 0 Å². The molecule has 3 N–H and O–H groups in total. The molecule has 144 valence electrons. The summed E-state index contributed by atoms with van der Waals surface area (Å²) in [7, 11) is 0. The van der Waals surface area contributed by atoms with E-state index in [0.717, 1.165) is 51.6 Å². The predicted octanol–water partition coefficient (Wildman–Crippen LogP) is 3.73. The Morgan fingerprint density at radius 2 is 1.65 bits per heavy atom. The van der Waals surface area contributed by atoms with E-state index in [-0.39, 0.29) is 17.4 Å². The number of rotatable bonds is 3. The maximum absolute atomic E-state index is 12.6. The van der Waals surface area contributed by atoms with Gasteiger partial charge in [0.1, 0.15) is 0 Å². The molecular formula is C22H35N3O. The summed E-state index contributed by atoms with van der Waals surface area (Å²) >= 11 is 0. The number of nitrogens with two attached hydrogens (primary N) is 1. The summed E-state index contributed by atoms with van der Waals surface area (Å²) in [6.07, 6.45) is 7.00. The highest BCUT2D eigenvalue weighted by molar-refractivity contribution is 5.86. The maximum atomic E-state index is 12.6. The van der Waals surface area contributed by atoms with Crippen LogP contribution in [0.15, 0.2) is 24.3 Å². The van der Waals surface area contributed by atoms with E-state index in [4.69, 9.17) is 5.73 Å². The van der Waals surface area contributed by atoms with Crippen molar-refractivity contribution < 1.29 is 4.79 Å². The molecule has 0 bridgehead atoms. The Hall–Kier alpha value is -1.55. The Balaban J connectivity index is 1.52. The summed E-state index contributed by atoms with van der Waals surface area (Å²) in [4.78, 5) is 15.0. The number of hydrogen-bond acceptors (Lipinski definition) is 3. The zero-order valence-corrected chi connectivity index (χ0v) is 16.7. The molecule has 1 aliphatic carbocycles. The minimum atomic E-state index is -0.627. The van der Waals surface area contributed by atoms with Crippen molar-refractivity contribution in [3.05, 3.63) is 29.8 Å². The van der Waals surface area contributed by atoms with Gasteiger partial charge < -0.3 is 16.0 Å². The highest BCUT2D eigenvalue weighted by Gasteiger charge is 2.36. The minimum Gasteiger partial charge on any atom is -0.371 e. The van der Waals surface area contributed by atoms with Gasteiger partial charge >= 0.3 is 0 Å². The molecule has 4 nitrogen and oxygen atoms in total. The van der Waals surface area contributed by atoms with E-state index in [0.29, 0.717) is 0 Å². The molecule has 0 radical (unpaired) electrons. The molecule has 1 saturated heterocycles. The Kier molecular flexibility index (Phi) is 5.61. The summed E-state index contributed by atoms with van der Waals surface area (Å²) in [6.45, 7) is 8.70. The van der Waals surface area contributed by atoms with Gasteiger partial charge in [-0.1, -0.05) is 52.2 Å². The van der Waals surface area contributed by atoms with E-state index in [2.05, 4.69) is 55.3 Å². The third-order valence-electron chi connectivity index (χ3n) is 6.13. The third-order valence-corrected chi connectivity index (χ3v) is 6.13. The zero-order chi connectivity index (χ0) is 18.8. The first-order valence-electron chi connectivity index (χ1n) is 10.2. The molecule has 1 saturated carbocycles. The highest BCUT2D eigenvalue weighted by Crippen LogP contribution is 2.28. The van der Waals surface area contributed by atoms with Crippen molar-refractivity contribution in [3.63, 3.8) is 0 Å². The minimum absolute atomic E-state index is 0.0742. The van der Waals surface area contributed by atoms with Gasteiger partial charge in [-0.15, -0.1) is 0 Å². The van der Waals surface area contributed by atoms with Gasteiger partial charge in [-0.05, 0) is 48.8 Å². The molecule has 26 heavy (non-hydrogen) atoms. The Bertz CT molecular complexity index is 603. The molecule has 1 heterocycles. The quantitative estimate of drug-likeness (QED) is 0.866. The number of anilines is 1. The molecule has 4 heteroatoms. The van der Waals surface area contributed by atoms with Crippen LogP contribution in [-0.2, 0) is 10.2 Å². The number of benzene rings is 1. The van der Waals surface area contributed by atoms with Gasteiger partial charge in [0, 0.05) is 24.8 Å². The van der Waals surface area contributed by atoms with Crippen LogP contribution in [0.25, 0.3) is 0 Å². The smallest absolute Gasteiger partial charge is 0.240 e. The normalized spacial score (nSPS) is 21.5. The fourth-order valence-corrected chi connectivity index (χ4v) is 4.19. The summed E-state index contributed by atoms with van der Waals surface area (Å²) < 4.78 is 0. The molecule has 3 rings (SSSR count). The topological polar surface area (TPSA) is 58.4 Å². The van der Waals surface area contributed by atoms with Crippen LogP contribution < -0.4 is 16.0 Å². The van der Waals surface area contributed by atoms with Crippen molar-refractivity contribution in [3.8, 4) is 0 Å². The molecule has 0 spiro atoms. The Morgan fingerprint density at radius 1 is 1.08 bits per heavy atom. The third kappa shape index (κ3) is 4.40. The van der Waals surface area contributed by atoms with Crippen molar-refractivity contribution in [2.24, 2.45) is 5.73 Å². The molecule has 2 aliphatic rings. The van der Waals surface area contributed by atoms with Crippen LogP contribution in [0.4, 0.5) is 5.69 Å². The van der Waals surface area contributed by atoms with E-state index < -0.39 is 5.54 Å². The standard InChI is InChI=1S/C22H35N3O/c1-21(2,3)17-7-9-19(10-8-17)25-15-11-18(12-16-25)24-20(26)22(23)13-5-4-6-14-22/h7-10,18H,4-6,11-16,23H2,1-3H3,(H,24,26). The average molecular weight is 358 g/mol. The second-order valence-electron chi connectivity index (χ2n) is 9.25. The highest BCUT2D eigenvalue weighted by atomic mass is 16.2. The Morgan fingerprint density at radius 3 is 2.19 bits per heavy atom. The van der Waals surface area contributed by atoms with E-state index in [1.54, 1.807) is 0 Å². The van der Waals surface area contributed by atoms with Crippen molar-refractivity contribution in [1.82, 2.24) is 5.32 Å². The largest absolute Gasteiger partial charge is 0.371 e. The summed E-state index contributed by atoms with van der Waals surface area (Å²) in [5.41, 5.74) is 8.57. The van der Waals surface area contributed by atoms with Gasteiger partial charge in [0.2, 0.25) is 5.91 Å². The number of carbonyl (C=O) groups excluding carboxylic acids is 1. The van der Waals surface area contributed by atoms with E-state index in [1.165, 1.54) is 17.7 Å². The van der Waals surface area contributed by atoms with Gasteiger partial charge in [-0.25, -0.2) is 0 Å². The van der Waals surface area contributed by atoms with Crippen LogP contribution >= 0.6 is 0 Å². The molecule has 0 unspecified atom stereocenters. The Labute approximate surface area is 158 Å². The maximum Gasteiger partial charge on any atom is 0.240 e. The number of hydrogen-bond donors (Lipinski definition) is 2. The molecule has 1 aromatic rings. The number of nitrogens with zero attached hydrogens (tertiary/aromatic N) is 1. The monoisotopic (exact) mass is 357 g/mol. The lowest BCUT2D eigenvalue weighted by atomic mass is 9.81. The molecule has 0 atom stereocenters. The van der Waals surface area contributed by atoms with Crippen LogP contribution in [0.5, 0.6) is 0 Å². The number of amides is 1. The number of nitrogens with one attached hydrogen (secondary N) is 1. The summed E-state index contributed by atoms with van der Waals surface area (Å²) in [6, 6.07) is 9.21. The fraction of sp³-hybridized carbons (Fsp3) is 0.682. The average Bonchev–Trinajstić information content (AvgIpc) is 2.62. The van der Waals surface area contributed by atoms with Crippen LogP contribution in [0.2, 0.25) is 0 Å². The van der Waals surface area contributed by atoms with Gasteiger partial charge in [-0.2, -0.15) is 0 Å². The molecule has 1 amide bonds. The lowest BCUT2D eigenvalue weighted by Gasteiger charge is -2.37. The van der Waals surface area contributed by atoms with Crippen LogP contribution in [0, 0.1) is 0 Å². The van der Waals surface area contributed by atoms with Gasteiger partial charge in [0.05, 0.1) is 5.54 Å². The first-order valence-corrected chi connectivity index (χ1v) is 10.2. The molecule has 1 aromatic carbocycles. The summed E-state index contributed by atoms with van der Waals surface area (Å²) in [5, 5.41) is 3.24. The van der Waals surface area contributed by atoms with Crippen LogP contribution in [0.1, 0.15) is 71.3 Å². The molecular weight excluding hydrogens is 322 g/mol. The second-order valence-corrected chi connectivity index (χ2v) is 9.25. The zero-order valence-electron chi connectivity index (χ0n) is 16.7. The summed E-state index contributed by atoms with van der Waals surface area (Å²) in [5.74, 6) is 0.0742. The van der Waals surface area contributed by atoms with Gasteiger partial charge in [0.25, 0.3) is 0 Å². The lowest BCUT2D eigenvalue weighted by Crippen LogP contribution is -2.58. The van der Waals surface area contributed by atoms with Crippen molar-refractivity contribution in [1.29, 1.82) is 0 Å². The number of piperidine rings is 1. The van der Waals surface area contributed by atoms with Crippen molar-refractivity contribution in [2.75, 3.05) is 18.0 Å². The van der Waals surface area contributed by atoms with E-state index in [1.807, 2.05) is 0 Å².